The molecular weight excluding hydrogens is 466 g/mol. The number of benzene rings is 1. The lowest BCUT2D eigenvalue weighted by atomic mass is 9.87. The van der Waals surface area contributed by atoms with Gasteiger partial charge in [0.05, 0.1) is 25.5 Å². The number of piperazine rings is 1. The third kappa shape index (κ3) is 5.11. The molecule has 10 heteroatoms. The minimum absolute atomic E-state index is 0.260. The quantitative estimate of drug-likeness (QED) is 0.494. The first-order chi connectivity index (χ1) is 16.5. The van der Waals surface area contributed by atoms with Gasteiger partial charge >= 0.3 is 0 Å². The standard InChI is InChI=1S/C24H32N6O2P2/c1-17-21(4-5-23(28-17)29-8-6-25-7-9-29)31-12-18-11-24(32-13-18,14-30-16-26-15-27-30)20-3-2-19(33)10-22(20)34/h2-5,10,15-16,18,25H,6-9,11-14,33-34H2,1H3/t18-,24+/m1/s1. The molecule has 0 saturated carbocycles. The van der Waals surface area contributed by atoms with Crippen molar-refractivity contribution in [1.82, 2.24) is 25.1 Å². The number of ether oxygens (including phenoxy) is 2. The van der Waals surface area contributed by atoms with Crippen molar-refractivity contribution in [2.24, 2.45) is 5.92 Å². The Kier molecular flexibility index (Phi) is 7.12. The highest BCUT2D eigenvalue weighted by Gasteiger charge is 2.44. The summed E-state index contributed by atoms with van der Waals surface area (Å²) in [6.45, 7) is 7.80. The van der Waals surface area contributed by atoms with E-state index in [1.165, 1.54) is 5.56 Å². The molecule has 0 amide bonds. The zero-order valence-electron chi connectivity index (χ0n) is 19.5. The molecule has 180 valence electrons. The molecule has 3 aromatic rings. The van der Waals surface area contributed by atoms with Gasteiger partial charge in [-0.15, -0.1) is 18.5 Å². The first-order valence-electron chi connectivity index (χ1n) is 11.7. The van der Waals surface area contributed by atoms with Crippen LogP contribution in [0.1, 0.15) is 17.7 Å². The van der Waals surface area contributed by atoms with E-state index in [9.17, 15) is 0 Å². The molecule has 0 spiro atoms. The van der Waals surface area contributed by atoms with Crippen LogP contribution in [-0.2, 0) is 16.9 Å². The molecule has 8 nitrogen and oxygen atoms in total. The van der Waals surface area contributed by atoms with Gasteiger partial charge in [-0.25, -0.2) is 14.6 Å². The minimum atomic E-state index is -0.476. The summed E-state index contributed by atoms with van der Waals surface area (Å²) in [5.41, 5.74) is 1.61. The number of aryl methyl sites for hydroxylation is 1. The van der Waals surface area contributed by atoms with Crippen LogP contribution in [0.2, 0.25) is 0 Å². The normalized spacial score (nSPS) is 22.8. The van der Waals surface area contributed by atoms with Crippen LogP contribution in [-0.4, -0.2) is 59.1 Å². The summed E-state index contributed by atoms with van der Waals surface area (Å²) in [5.74, 6) is 2.12. The Labute approximate surface area is 205 Å². The fraction of sp³-hybridized carbons (Fsp3) is 0.458. The lowest BCUT2D eigenvalue weighted by Gasteiger charge is -2.30. The van der Waals surface area contributed by atoms with Crippen molar-refractivity contribution in [1.29, 1.82) is 0 Å². The predicted octanol–water partition coefficient (Wildman–Crippen LogP) is 1.40. The van der Waals surface area contributed by atoms with Crippen molar-refractivity contribution < 1.29 is 9.47 Å². The van der Waals surface area contributed by atoms with Crippen LogP contribution in [0.5, 0.6) is 5.75 Å². The molecule has 2 aromatic heterocycles. The molecular formula is C24H32N6O2P2. The summed E-state index contributed by atoms with van der Waals surface area (Å²) >= 11 is 0. The molecule has 1 N–H and O–H groups in total. The third-order valence-electron chi connectivity index (χ3n) is 6.60. The number of nitrogens with one attached hydrogen (secondary N) is 1. The average Bonchev–Trinajstić information content (AvgIpc) is 3.49. The Morgan fingerprint density at radius 3 is 2.79 bits per heavy atom. The van der Waals surface area contributed by atoms with Gasteiger partial charge in [0.15, 0.2) is 0 Å². The van der Waals surface area contributed by atoms with E-state index in [1.54, 1.807) is 12.7 Å². The summed E-state index contributed by atoms with van der Waals surface area (Å²) in [5, 5.41) is 10.0. The number of hydrogen-bond acceptors (Lipinski definition) is 7. The number of aromatic nitrogens is 4. The fourth-order valence-corrected chi connectivity index (χ4v) is 5.91. The maximum atomic E-state index is 6.53. The number of hydrogen-bond donors (Lipinski definition) is 1. The maximum Gasteiger partial charge on any atom is 0.140 e. The molecule has 2 saturated heterocycles. The zero-order chi connectivity index (χ0) is 23.5. The van der Waals surface area contributed by atoms with E-state index in [1.807, 2.05) is 11.6 Å². The van der Waals surface area contributed by atoms with Crippen LogP contribution in [0.15, 0.2) is 43.0 Å². The van der Waals surface area contributed by atoms with Crippen molar-refractivity contribution in [3.63, 3.8) is 0 Å². The van der Waals surface area contributed by atoms with E-state index in [4.69, 9.17) is 14.5 Å². The summed E-state index contributed by atoms with van der Waals surface area (Å²) < 4.78 is 14.6. The monoisotopic (exact) mass is 498 g/mol. The van der Waals surface area contributed by atoms with Gasteiger partial charge in [0.2, 0.25) is 0 Å². The number of anilines is 1. The van der Waals surface area contributed by atoms with Crippen molar-refractivity contribution >= 4 is 34.9 Å². The SMILES string of the molecule is Cc1nc(N2CCNCC2)ccc1OC[C@@H]1CO[C@@](Cn2cncn2)(c2ccc(P)cc2P)C1. The van der Waals surface area contributed by atoms with E-state index in [2.05, 4.69) is 69.1 Å². The van der Waals surface area contributed by atoms with Gasteiger partial charge in [0.1, 0.15) is 29.8 Å². The van der Waals surface area contributed by atoms with Gasteiger partial charge < -0.3 is 19.7 Å². The van der Waals surface area contributed by atoms with E-state index in [0.29, 0.717) is 19.8 Å². The Morgan fingerprint density at radius 2 is 2.06 bits per heavy atom. The van der Waals surface area contributed by atoms with Gasteiger partial charge in [-0.05, 0) is 47.7 Å². The lowest BCUT2D eigenvalue weighted by Crippen LogP contribution is -2.43. The Morgan fingerprint density at radius 1 is 1.21 bits per heavy atom. The molecule has 2 aliphatic heterocycles. The van der Waals surface area contributed by atoms with Crippen LogP contribution in [0.4, 0.5) is 5.82 Å². The molecule has 5 rings (SSSR count). The molecule has 34 heavy (non-hydrogen) atoms. The molecule has 4 atom stereocenters. The number of nitrogens with zero attached hydrogens (tertiary/aromatic N) is 5. The molecule has 0 radical (unpaired) electrons. The second kappa shape index (κ2) is 10.2. The highest BCUT2D eigenvalue weighted by molar-refractivity contribution is 7.29. The van der Waals surface area contributed by atoms with Gasteiger partial charge in [0.25, 0.3) is 0 Å². The largest absolute Gasteiger partial charge is 0.491 e. The smallest absolute Gasteiger partial charge is 0.140 e. The summed E-state index contributed by atoms with van der Waals surface area (Å²) in [7, 11) is 5.62. The van der Waals surface area contributed by atoms with Crippen LogP contribution in [0.3, 0.4) is 0 Å². The Bertz CT molecular complexity index is 1120. The molecule has 4 heterocycles. The van der Waals surface area contributed by atoms with Gasteiger partial charge in [0, 0.05) is 32.1 Å². The molecule has 0 aliphatic carbocycles. The van der Waals surface area contributed by atoms with E-state index < -0.39 is 5.60 Å². The Balaban J connectivity index is 1.29. The molecule has 1 aromatic carbocycles. The first kappa shape index (κ1) is 23.6. The number of rotatable bonds is 7. The van der Waals surface area contributed by atoms with Crippen molar-refractivity contribution in [2.45, 2.75) is 25.5 Å². The molecule has 2 unspecified atom stereocenters. The van der Waals surface area contributed by atoms with Gasteiger partial charge in [-0.2, -0.15) is 5.10 Å². The average molecular weight is 499 g/mol. The van der Waals surface area contributed by atoms with E-state index >= 15 is 0 Å². The summed E-state index contributed by atoms with van der Waals surface area (Å²) in [6, 6.07) is 10.5. The predicted molar refractivity (Wildman–Crippen MR) is 140 cm³/mol. The second-order valence-corrected chi connectivity index (χ2v) is 10.4. The molecule has 0 bridgehead atoms. The van der Waals surface area contributed by atoms with Crippen LogP contribution >= 0.6 is 18.5 Å². The zero-order valence-corrected chi connectivity index (χ0v) is 21.8. The maximum absolute atomic E-state index is 6.53. The van der Waals surface area contributed by atoms with Crippen molar-refractivity contribution in [2.75, 3.05) is 44.3 Å². The molecule has 2 aliphatic rings. The number of pyridine rings is 1. The van der Waals surface area contributed by atoms with Crippen LogP contribution in [0.25, 0.3) is 0 Å². The van der Waals surface area contributed by atoms with Crippen molar-refractivity contribution in [3.8, 4) is 5.75 Å². The summed E-state index contributed by atoms with van der Waals surface area (Å²) in [6.07, 6.45) is 4.16. The highest BCUT2D eigenvalue weighted by Crippen LogP contribution is 2.40. The topological polar surface area (TPSA) is 77.3 Å². The van der Waals surface area contributed by atoms with E-state index in [0.717, 1.165) is 60.5 Å². The molecule has 2 fully saturated rings. The van der Waals surface area contributed by atoms with E-state index in [-0.39, 0.29) is 5.92 Å². The highest BCUT2D eigenvalue weighted by atomic mass is 31.0. The minimum Gasteiger partial charge on any atom is -0.491 e. The third-order valence-corrected chi connectivity index (χ3v) is 7.44. The van der Waals surface area contributed by atoms with Crippen LogP contribution in [0, 0.1) is 12.8 Å². The van der Waals surface area contributed by atoms with Crippen LogP contribution < -0.4 is 25.6 Å². The Hall–Kier alpha value is -2.11. The fourth-order valence-electron chi connectivity index (χ4n) is 4.89. The van der Waals surface area contributed by atoms with Gasteiger partial charge in [-0.1, -0.05) is 12.1 Å². The van der Waals surface area contributed by atoms with Gasteiger partial charge in [-0.3, -0.25) is 0 Å². The van der Waals surface area contributed by atoms with Crippen molar-refractivity contribution in [3.05, 3.63) is 54.2 Å². The second-order valence-electron chi connectivity index (χ2n) is 9.12. The lowest BCUT2D eigenvalue weighted by molar-refractivity contribution is -0.0171. The summed E-state index contributed by atoms with van der Waals surface area (Å²) in [4.78, 5) is 11.2. The first-order valence-corrected chi connectivity index (χ1v) is 12.9.